The first kappa shape index (κ1) is 16.6. The quantitative estimate of drug-likeness (QED) is 0.708. The number of carbonyl (C=O) groups excluding carboxylic acids is 1. The third kappa shape index (κ3) is 3.55. The molecule has 1 aliphatic rings. The highest BCUT2D eigenvalue weighted by Gasteiger charge is 2.22. The molecule has 0 bridgehead atoms. The summed E-state index contributed by atoms with van der Waals surface area (Å²) < 4.78 is 0. The predicted octanol–water partition coefficient (Wildman–Crippen LogP) is 2.35. The predicted molar refractivity (Wildman–Crippen MR) is 100 cm³/mol. The molecule has 1 aliphatic heterocycles. The lowest BCUT2D eigenvalue weighted by Gasteiger charge is -2.22. The van der Waals surface area contributed by atoms with E-state index in [9.17, 15) is 4.79 Å². The summed E-state index contributed by atoms with van der Waals surface area (Å²) in [5, 5.41) is 1.93. The summed E-state index contributed by atoms with van der Waals surface area (Å²) in [6.45, 7) is 2.94. The van der Waals surface area contributed by atoms with E-state index in [0.717, 1.165) is 35.8 Å². The van der Waals surface area contributed by atoms with Crippen LogP contribution in [0, 0.1) is 0 Å². The van der Waals surface area contributed by atoms with Crippen LogP contribution in [0.25, 0.3) is 11.4 Å². The van der Waals surface area contributed by atoms with Crippen LogP contribution < -0.4 is 4.90 Å². The van der Waals surface area contributed by atoms with Gasteiger partial charge in [0.25, 0.3) is 5.91 Å². The molecule has 1 saturated heterocycles. The maximum absolute atomic E-state index is 12.6. The van der Waals surface area contributed by atoms with Crippen molar-refractivity contribution in [2.45, 2.75) is 6.42 Å². The highest BCUT2D eigenvalue weighted by molar-refractivity contribution is 7.12. The van der Waals surface area contributed by atoms with Gasteiger partial charge in [0.1, 0.15) is 5.69 Å². The van der Waals surface area contributed by atoms with Gasteiger partial charge in [0.2, 0.25) is 5.95 Å². The zero-order valence-electron chi connectivity index (χ0n) is 14.2. The minimum atomic E-state index is 0.107. The number of hydrogen-bond donors (Lipinski definition) is 0. The normalized spacial score (nSPS) is 14.9. The van der Waals surface area contributed by atoms with Crippen LogP contribution in [0.5, 0.6) is 0 Å². The number of anilines is 1. The van der Waals surface area contributed by atoms with E-state index < -0.39 is 0 Å². The van der Waals surface area contributed by atoms with Crippen molar-refractivity contribution >= 4 is 23.2 Å². The van der Waals surface area contributed by atoms with Gasteiger partial charge in [-0.05, 0) is 23.9 Å². The van der Waals surface area contributed by atoms with Crippen molar-refractivity contribution < 1.29 is 4.79 Å². The first-order valence-corrected chi connectivity index (χ1v) is 9.36. The largest absolute Gasteiger partial charge is 0.339 e. The van der Waals surface area contributed by atoms with Crippen LogP contribution >= 0.6 is 11.3 Å². The molecular formula is C18H18N6OS. The fraction of sp³-hybridized carbons (Fsp3) is 0.278. The Bertz CT molecular complexity index is 870. The molecule has 0 N–H and O–H groups in total. The Morgan fingerprint density at radius 3 is 2.77 bits per heavy atom. The fourth-order valence-electron chi connectivity index (χ4n) is 2.95. The average Bonchev–Trinajstić information content (AvgIpc) is 3.13. The number of thiophene rings is 1. The Morgan fingerprint density at radius 1 is 1.00 bits per heavy atom. The smallest absolute Gasteiger partial charge is 0.263 e. The molecule has 8 heteroatoms. The van der Waals surface area contributed by atoms with E-state index >= 15 is 0 Å². The van der Waals surface area contributed by atoms with E-state index in [1.165, 1.54) is 11.3 Å². The Hall–Kier alpha value is -2.87. The van der Waals surface area contributed by atoms with Crippen LogP contribution in [0.1, 0.15) is 16.1 Å². The van der Waals surface area contributed by atoms with Crippen LogP contribution in [0.3, 0.4) is 0 Å². The lowest BCUT2D eigenvalue weighted by atomic mass is 10.3. The maximum Gasteiger partial charge on any atom is 0.263 e. The third-order valence-corrected chi connectivity index (χ3v) is 5.12. The molecule has 1 fully saturated rings. The summed E-state index contributed by atoms with van der Waals surface area (Å²) in [5.41, 5.74) is 1.47. The Labute approximate surface area is 155 Å². The summed E-state index contributed by atoms with van der Waals surface area (Å²) in [6, 6.07) is 5.62. The van der Waals surface area contributed by atoms with Crippen molar-refractivity contribution in [3.05, 3.63) is 53.2 Å². The Kier molecular flexibility index (Phi) is 4.83. The third-order valence-electron chi connectivity index (χ3n) is 4.27. The van der Waals surface area contributed by atoms with Gasteiger partial charge in [-0.15, -0.1) is 11.3 Å². The molecule has 0 saturated carbocycles. The molecule has 132 valence electrons. The molecule has 0 aromatic carbocycles. The van der Waals surface area contributed by atoms with Crippen LogP contribution in [-0.2, 0) is 0 Å². The van der Waals surface area contributed by atoms with E-state index in [4.69, 9.17) is 0 Å². The van der Waals surface area contributed by atoms with Gasteiger partial charge >= 0.3 is 0 Å². The number of hydrogen-bond acceptors (Lipinski definition) is 7. The molecular weight excluding hydrogens is 348 g/mol. The number of rotatable bonds is 3. The van der Waals surface area contributed by atoms with Gasteiger partial charge in [0.15, 0.2) is 0 Å². The van der Waals surface area contributed by atoms with Gasteiger partial charge in [0, 0.05) is 44.8 Å². The molecule has 0 unspecified atom stereocenters. The van der Waals surface area contributed by atoms with Crippen molar-refractivity contribution in [2.24, 2.45) is 0 Å². The van der Waals surface area contributed by atoms with Gasteiger partial charge in [-0.3, -0.25) is 14.8 Å². The van der Waals surface area contributed by atoms with Gasteiger partial charge < -0.3 is 9.80 Å². The molecule has 1 amide bonds. The molecule has 4 heterocycles. The van der Waals surface area contributed by atoms with Gasteiger partial charge in [0.05, 0.1) is 16.8 Å². The standard InChI is InChI=1S/C18H18N6OS/c25-17(16-3-1-12-26-16)23-8-2-9-24(11-10-23)18-21-5-4-14(22-18)15-13-19-6-7-20-15/h1,3-7,12-13H,2,8-11H2. The second kappa shape index (κ2) is 7.57. The molecule has 0 aliphatic carbocycles. The maximum atomic E-state index is 12.6. The molecule has 0 atom stereocenters. The monoisotopic (exact) mass is 366 g/mol. The first-order valence-electron chi connectivity index (χ1n) is 8.48. The fourth-order valence-corrected chi connectivity index (χ4v) is 3.64. The van der Waals surface area contributed by atoms with Crippen LogP contribution in [0.4, 0.5) is 5.95 Å². The molecule has 3 aromatic rings. The zero-order chi connectivity index (χ0) is 17.8. The van der Waals surface area contributed by atoms with Gasteiger partial charge in [-0.2, -0.15) is 0 Å². The molecule has 26 heavy (non-hydrogen) atoms. The molecule has 7 nitrogen and oxygen atoms in total. The van der Waals surface area contributed by atoms with Crippen molar-refractivity contribution in [2.75, 3.05) is 31.1 Å². The lowest BCUT2D eigenvalue weighted by molar-refractivity contribution is 0.0772. The van der Waals surface area contributed by atoms with E-state index in [1.807, 2.05) is 28.5 Å². The first-order chi connectivity index (χ1) is 12.8. The minimum absolute atomic E-state index is 0.107. The van der Waals surface area contributed by atoms with E-state index in [1.54, 1.807) is 24.8 Å². The highest BCUT2D eigenvalue weighted by Crippen LogP contribution is 2.18. The summed E-state index contributed by atoms with van der Waals surface area (Å²) >= 11 is 1.49. The average molecular weight is 366 g/mol. The zero-order valence-corrected chi connectivity index (χ0v) is 15.0. The van der Waals surface area contributed by atoms with E-state index in [2.05, 4.69) is 24.8 Å². The summed E-state index contributed by atoms with van der Waals surface area (Å²) in [5.74, 6) is 0.773. The number of amides is 1. The molecule has 0 radical (unpaired) electrons. The Balaban J connectivity index is 1.48. The summed E-state index contributed by atoms with van der Waals surface area (Å²) in [6.07, 6.45) is 7.61. The second-order valence-electron chi connectivity index (χ2n) is 5.94. The number of carbonyl (C=O) groups is 1. The molecule has 4 rings (SSSR count). The van der Waals surface area contributed by atoms with Crippen LogP contribution in [0.15, 0.2) is 48.4 Å². The van der Waals surface area contributed by atoms with Crippen LogP contribution in [0.2, 0.25) is 0 Å². The number of aromatic nitrogens is 4. The van der Waals surface area contributed by atoms with Crippen LogP contribution in [-0.4, -0.2) is 56.9 Å². The second-order valence-corrected chi connectivity index (χ2v) is 6.89. The summed E-state index contributed by atoms with van der Waals surface area (Å²) in [4.78, 5) is 34.8. The van der Waals surface area contributed by atoms with E-state index in [0.29, 0.717) is 19.0 Å². The Morgan fingerprint density at radius 2 is 1.96 bits per heavy atom. The lowest BCUT2D eigenvalue weighted by Crippen LogP contribution is -2.35. The van der Waals surface area contributed by atoms with Crippen molar-refractivity contribution in [1.29, 1.82) is 0 Å². The number of nitrogens with zero attached hydrogens (tertiary/aromatic N) is 6. The topological polar surface area (TPSA) is 75.1 Å². The van der Waals surface area contributed by atoms with Gasteiger partial charge in [-0.25, -0.2) is 9.97 Å². The summed E-state index contributed by atoms with van der Waals surface area (Å²) in [7, 11) is 0. The molecule has 3 aromatic heterocycles. The highest BCUT2D eigenvalue weighted by atomic mass is 32.1. The van der Waals surface area contributed by atoms with Crippen molar-refractivity contribution in [3.8, 4) is 11.4 Å². The van der Waals surface area contributed by atoms with E-state index in [-0.39, 0.29) is 5.91 Å². The minimum Gasteiger partial charge on any atom is -0.339 e. The SMILES string of the molecule is O=C(c1cccs1)N1CCCN(c2nccc(-c3cnccn3)n2)CC1. The molecule has 0 spiro atoms. The van der Waals surface area contributed by atoms with Crippen molar-refractivity contribution in [3.63, 3.8) is 0 Å². The van der Waals surface area contributed by atoms with Gasteiger partial charge in [-0.1, -0.05) is 6.07 Å². The van der Waals surface area contributed by atoms with Crippen molar-refractivity contribution in [1.82, 2.24) is 24.8 Å².